The van der Waals surface area contributed by atoms with Crippen LogP contribution < -0.4 is 9.68 Å². The van der Waals surface area contributed by atoms with Gasteiger partial charge < -0.3 is 127 Å². The predicted octanol–water partition coefficient (Wildman–Crippen LogP) is 5.62. The smallest absolute Gasteiger partial charge is 0.311 e. The minimum absolute atomic E-state index is 0.0213. The number of hydrogen-bond acceptors (Lipinski definition) is 30. The Hall–Kier alpha value is -3.78. The first-order chi connectivity index (χ1) is 51.0. The summed E-state index contributed by atoms with van der Waals surface area (Å²) in [5, 5.41) is 133. The first-order valence-electron chi connectivity index (χ1n) is 39.6. The third-order valence-electron chi connectivity index (χ3n) is 25.1. The molecule has 36 atom stereocenters. The molecule has 6 saturated heterocycles. The van der Waals surface area contributed by atoms with E-state index < -0.39 is 228 Å². The van der Waals surface area contributed by atoms with Crippen molar-refractivity contribution < 1.29 is 127 Å². The van der Waals surface area contributed by atoms with Gasteiger partial charge in [-0.15, -0.1) is 0 Å². The molecule has 110 heavy (non-hydrogen) atoms. The van der Waals surface area contributed by atoms with E-state index in [1.807, 2.05) is 51.8 Å². The molecular weight excluding hydrogens is 1430 g/mol. The Labute approximate surface area is 651 Å². The number of nitrogens with zero attached hydrogens (tertiary/aromatic N) is 4. The van der Waals surface area contributed by atoms with Gasteiger partial charge in [-0.05, 0) is 174 Å². The topological polar surface area (TPSA) is 397 Å². The van der Waals surface area contributed by atoms with Gasteiger partial charge in [-0.25, -0.2) is 0 Å². The second-order valence-electron chi connectivity index (χ2n) is 34.8. The van der Waals surface area contributed by atoms with Crippen molar-refractivity contribution in [3.63, 3.8) is 0 Å². The first kappa shape index (κ1) is 93.4. The Balaban J connectivity index is 1.27. The van der Waals surface area contributed by atoms with E-state index >= 15 is 0 Å². The molecule has 6 aliphatic rings. The molecule has 0 radical (unpaired) electrons. The van der Waals surface area contributed by atoms with Crippen molar-refractivity contribution >= 4 is 23.4 Å². The van der Waals surface area contributed by atoms with Gasteiger partial charge in [-0.2, -0.15) is 0 Å². The number of carbonyl (C=O) groups is 2. The Bertz CT molecular complexity index is 2960. The summed E-state index contributed by atoms with van der Waals surface area (Å²) in [4.78, 5) is 45.9. The largest absolute Gasteiger partial charge is 0.459 e. The highest BCUT2D eigenvalue weighted by atomic mass is 16.7. The second kappa shape index (κ2) is 37.7. The second-order valence-corrected chi connectivity index (χ2v) is 34.8. The van der Waals surface area contributed by atoms with Crippen LogP contribution >= 0.6 is 0 Å². The molecule has 6 fully saturated rings. The molecule has 6 aliphatic heterocycles. The number of ether oxygens (including phenoxy) is 12. The van der Waals surface area contributed by atoms with Gasteiger partial charge in [0.1, 0.15) is 47.8 Å². The van der Waals surface area contributed by atoms with Crippen molar-refractivity contribution in [2.45, 2.75) is 358 Å². The van der Waals surface area contributed by atoms with Gasteiger partial charge in [0.25, 0.3) is 0 Å². The van der Waals surface area contributed by atoms with Gasteiger partial charge in [0.2, 0.25) is 0 Å². The van der Waals surface area contributed by atoms with Crippen LogP contribution in [0.5, 0.6) is 11.5 Å². The SMILES string of the molecule is CC[C@@H]1OC(=O)[C@H](C)[C@H](O[C@H]2C[C@@](C)(OC)[C@@H](O)[C@H](C)O2)[C@H](C)[C@@H](O[C@@H]2O[C@H](C)C[C@H](N(C)C)[C@H]2O)[C@](C)(O)C[C@H](C)/C(=N/Oc2ccc(O/N=C3/[C@@H](C)[C@@H](O)[C@](C)(O)[C@H](CC)OC(=O)[C@H](C)[C@@H](O[C@H]4C[C@@](C)(OC)[C@@H](O)[C@H](C)O4)[C@H](C)[C@@H](O[C@@H]4O[C@H](C)C[C@H](N(C)C)[C@H]4O)[C@](C)(O)C[C@@H]3C)cc2)[C@@H](C)[C@@H](O)[C@]1(C)O. The van der Waals surface area contributed by atoms with Crippen LogP contribution in [-0.2, 0) is 66.4 Å². The summed E-state index contributed by atoms with van der Waals surface area (Å²) in [6.45, 7) is 33.2. The predicted molar refractivity (Wildman–Crippen MR) is 405 cm³/mol. The number of carbonyl (C=O) groups excluding carboxylic acids is 2. The highest BCUT2D eigenvalue weighted by Gasteiger charge is 2.57. The van der Waals surface area contributed by atoms with E-state index in [-0.39, 0.29) is 61.4 Å². The molecule has 30 heteroatoms. The van der Waals surface area contributed by atoms with Gasteiger partial charge in [0.05, 0.1) is 107 Å². The molecule has 634 valence electrons. The maximum atomic E-state index is 14.8. The zero-order chi connectivity index (χ0) is 82.7. The number of cyclic esters (lactones) is 2. The van der Waals surface area contributed by atoms with Crippen molar-refractivity contribution in [2.75, 3.05) is 42.4 Å². The van der Waals surface area contributed by atoms with E-state index in [1.54, 1.807) is 111 Å². The Morgan fingerprint density at radius 1 is 0.464 bits per heavy atom. The van der Waals surface area contributed by atoms with E-state index in [1.165, 1.54) is 52.3 Å². The van der Waals surface area contributed by atoms with Crippen molar-refractivity contribution in [3.05, 3.63) is 24.3 Å². The summed E-state index contributed by atoms with van der Waals surface area (Å²) in [5.41, 5.74) is -10.1. The fraction of sp³-hybridized carbons (Fsp3) is 0.875. The maximum Gasteiger partial charge on any atom is 0.311 e. The quantitative estimate of drug-likeness (QED) is 0.0630. The summed E-state index contributed by atoms with van der Waals surface area (Å²) in [7, 11) is 10.3. The molecule has 0 bridgehead atoms. The van der Waals surface area contributed by atoms with E-state index in [2.05, 4.69) is 0 Å². The summed E-state index contributed by atoms with van der Waals surface area (Å²) < 4.78 is 76.9. The van der Waals surface area contributed by atoms with Crippen LogP contribution in [-0.4, -0.2) is 295 Å². The molecule has 0 unspecified atom stereocenters. The maximum absolute atomic E-state index is 14.8. The standard InChI is InChI=1S/C80H138N4O26/c1-27-55-79(19,95)65(87)43(7)59(39(3)35-75(15,93)69(107-73-61(85)53(83(21)22)33-41(5)99-73)45(9)63(47(11)71(91)103-55)105-57-37-77(17,97-25)67(89)49(13)101-57)81-109-51-29-31-52(32-30-51)110-82-60-40(4)36-76(16,94)70(108-74-62(86)54(84(23)24)34-42(6)100-74)46(10)64(106-58-38-78(18,98-26)68(90)50(14)102-58)48(12)72(92)104-56(28-2)80(20,96)66(88)44(60)8/h29-32,39-50,53-58,61-70,73-74,85-90,93-96H,27-28,33-38H2,1-26H3/b81-59-,82-60+/t39-,40-,41+,42+,43+,44+,45-,46-,47+,48+,49-,50-,53-,54-,55-,56-,57-,58-,61+,62+,63+,64-,65+,66+,67-,68-,69+,70+,73-,74-,75+,76+,77+,78+,79+,80+/m0/s1. The van der Waals surface area contributed by atoms with Crippen molar-refractivity contribution in [1.29, 1.82) is 0 Å². The van der Waals surface area contributed by atoms with Crippen molar-refractivity contribution in [1.82, 2.24) is 9.80 Å². The number of hydrogen-bond donors (Lipinski definition) is 10. The third-order valence-corrected chi connectivity index (χ3v) is 25.1. The van der Waals surface area contributed by atoms with E-state index in [9.17, 15) is 60.7 Å². The van der Waals surface area contributed by atoms with Gasteiger partial charge >= 0.3 is 11.9 Å². The zero-order valence-corrected chi connectivity index (χ0v) is 70.1. The van der Waals surface area contributed by atoms with Gasteiger partial charge in [-0.3, -0.25) is 9.59 Å². The van der Waals surface area contributed by atoms with E-state index in [0.717, 1.165) is 0 Å². The Morgan fingerprint density at radius 2 is 0.782 bits per heavy atom. The van der Waals surface area contributed by atoms with E-state index in [4.69, 9.17) is 76.8 Å². The molecule has 1 aromatic rings. The molecule has 30 nitrogen and oxygen atoms in total. The average Bonchev–Trinajstić information content (AvgIpc) is 0.775. The van der Waals surface area contributed by atoms with E-state index in [0.29, 0.717) is 12.8 Å². The Kier molecular flexibility index (Phi) is 32.0. The molecule has 0 aliphatic carbocycles. The summed E-state index contributed by atoms with van der Waals surface area (Å²) in [5.74, 6) is -9.41. The summed E-state index contributed by atoms with van der Waals surface area (Å²) in [6.07, 6.45) is -22.1. The number of rotatable bonds is 18. The fourth-order valence-electron chi connectivity index (χ4n) is 18.0. The summed E-state index contributed by atoms with van der Waals surface area (Å²) >= 11 is 0. The fourth-order valence-corrected chi connectivity index (χ4v) is 18.0. The van der Waals surface area contributed by atoms with Gasteiger partial charge in [-0.1, -0.05) is 65.7 Å². The molecule has 6 heterocycles. The molecule has 0 amide bonds. The van der Waals surface area contributed by atoms with Gasteiger partial charge in [0.15, 0.2) is 36.7 Å². The highest BCUT2D eigenvalue weighted by molar-refractivity contribution is 5.89. The molecule has 1 aromatic carbocycles. The number of oxime groups is 2. The minimum atomic E-state index is -2.14. The molecule has 7 rings (SSSR count). The van der Waals surface area contributed by atoms with Gasteiger partial charge in [0, 0.05) is 74.7 Å². The lowest BCUT2D eigenvalue weighted by Crippen LogP contribution is -2.61. The molecular formula is C80H138N4O26. The van der Waals surface area contributed by atoms with Crippen LogP contribution in [0.1, 0.15) is 190 Å². The monoisotopic (exact) mass is 1570 g/mol. The van der Waals surface area contributed by atoms with Crippen LogP contribution in [0, 0.1) is 47.3 Å². The van der Waals surface area contributed by atoms with Crippen LogP contribution in [0.4, 0.5) is 0 Å². The number of aliphatic hydroxyl groups is 10. The normalized spacial score (nSPS) is 47.8. The zero-order valence-electron chi connectivity index (χ0n) is 70.1. The number of aliphatic hydroxyl groups excluding tert-OH is 6. The van der Waals surface area contributed by atoms with Crippen LogP contribution in [0.25, 0.3) is 0 Å². The molecule has 0 spiro atoms. The number of benzene rings is 1. The first-order valence-corrected chi connectivity index (χ1v) is 39.6. The minimum Gasteiger partial charge on any atom is -0.459 e. The van der Waals surface area contributed by atoms with Crippen LogP contribution in [0.2, 0.25) is 0 Å². The number of esters is 2. The molecule has 0 aromatic heterocycles. The number of methoxy groups -OCH3 is 2. The lowest BCUT2D eigenvalue weighted by molar-refractivity contribution is -0.318. The lowest BCUT2D eigenvalue weighted by atomic mass is 9.73. The molecule has 0 saturated carbocycles. The lowest BCUT2D eigenvalue weighted by Gasteiger charge is -2.49. The van der Waals surface area contributed by atoms with Crippen molar-refractivity contribution in [3.8, 4) is 11.5 Å². The molecule has 10 N–H and O–H groups in total. The third kappa shape index (κ3) is 21.0. The van der Waals surface area contributed by atoms with Crippen molar-refractivity contribution in [2.24, 2.45) is 57.7 Å². The van der Waals surface area contributed by atoms with Crippen LogP contribution in [0.3, 0.4) is 0 Å². The summed E-state index contributed by atoms with van der Waals surface area (Å²) in [6, 6.07) is 5.26. The number of likely N-dealkylation sites (N-methyl/N-ethyl adjacent to an activating group) is 2. The van der Waals surface area contributed by atoms with Crippen LogP contribution in [0.15, 0.2) is 34.6 Å². The highest BCUT2D eigenvalue weighted by Crippen LogP contribution is 2.45. The Morgan fingerprint density at radius 3 is 1.07 bits per heavy atom. The average molecular weight is 1570 g/mol.